The average Bonchev–Trinajstić information content (AvgIpc) is 2.68. The minimum atomic E-state index is 0.345. The maximum Gasteiger partial charge on any atom is 0.225 e. The summed E-state index contributed by atoms with van der Waals surface area (Å²) >= 11 is 3.50. The molecule has 0 radical (unpaired) electrons. The molecule has 1 aliphatic heterocycles. The Morgan fingerprint density at radius 3 is 2.44 bits per heavy atom. The number of hydrogen-bond acceptors (Lipinski definition) is 1. The Morgan fingerprint density at radius 1 is 1.06 bits per heavy atom. The van der Waals surface area contributed by atoms with Gasteiger partial charge >= 0.3 is 0 Å². The van der Waals surface area contributed by atoms with E-state index in [0.29, 0.717) is 17.9 Å². The van der Waals surface area contributed by atoms with Crippen molar-refractivity contribution < 1.29 is 4.79 Å². The van der Waals surface area contributed by atoms with Crippen LogP contribution >= 0.6 is 15.9 Å². The van der Waals surface area contributed by atoms with Gasteiger partial charge in [0.25, 0.3) is 0 Å². The van der Waals surface area contributed by atoms with Crippen molar-refractivity contribution in [1.82, 2.24) is 4.90 Å². The third kappa shape index (κ3) is 3.72. The molecule has 0 aromatic heterocycles. The molecule has 2 aliphatic rings. The summed E-state index contributed by atoms with van der Waals surface area (Å²) in [5.41, 5.74) is 0. The summed E-state index contributed by atoms with van der Waals surface area (Å²) in [6.07, 6.45) is 12.3. The highest BCUT2D eigenvalue weighted by Gasteiger charge is 2.32. The van der Waals surface area contributed by atoms with Gasteiger partial charge in [-0.1, -0.05) is 41.6 Å². The minimum Gasteiger partial charge on any atom is -0.339 e. The van der Waals surface area contributed by atoms with E-state index in [9.17, 15) is 4.79 Å². The largest absolute Gasteiger partial charge is 0.339 e. The Kier molecular flexibility index (Phi) is 6.00. The van der Waals surface area contributed by atoms with E-state index >= 15 is 0 Å². The van der Waals surface area contributed by atoms with Crippen LogP contribution in [0.25, 0.3) is 0 Å². The molecule has 3 heteroatoms. The second-order valence-electron chi connectivity index (χ2n) is 5.85. The Balaban J connectivity index is 1.89. The van der Waals surface area contributed by atoms with Gasteiger partial charge in [-0.25, -0.2) is 0 Å². The quantitative estimate of drug-likeness (QED) is 0.564. The maximum absolute atomic E-state index is 12.6. The van der Waals surface area contributed by atoms with Crippen LogP contribution in [0.15, 0.2) is 0 Å². The van der Waals surface area contributed by atoms with E-state index < -0.39 is 0 Å². The number of rotatable bonds is 4. The van der Waals surface area contributed by atoms with Gasteiger partial charge in [0.15, 0.2) is 0 Å². The molecule has 1 aliphatic carbocycles. The number of carbonyl (C=O) groups excluding carboxylic acids is 1. The van der Waals surface area contributed by atoms with Crippen molar-refractivity contribution in [3.05, 3.63) is 0 Å². The molecule has 2 nitrogen and oxygen atoms in total. The molecule has 2 rings (SSSR count). The van der Waals surface area contributed by atoms with E-state index in [2.05, 4.69) is 20.8 Å². The molecular weight excluding hydrogens is 290 g/mol. The highest BCUT2D eigenvalue weighted by molar-refractivity contribution is 9.09. The van der Waals surface area contributed by atoms with Gasteiger partial charge in [-0.05, 0) is 38.5 Å². The first-order valence-electron chi connectivity index (χ1n) is 7.69. The summed E-state index contributed by atoms with van der Waals surface area (Å²) in [5, 5.41) is 1.06. The van der Waals surface area contributed by atoms with Gasteiger partial charge in [0, 0.05) is 23.8 Å². The van der Waals surface area contributed by atoms with Gasteiger partial charge in [-0.2, -0.15) is 0 Å². The Hall–Kier alpha value is -0.0500. The van der Waals surface area contributed by atoms with Crippen molar-refractivity contribution in [3.8, 4) is 0 Å². The molecule has 104 valence electrons. The van der Waals surface area contributed by atoms with Crippen LogP contribution in [0.5, 0.6) is 0 Å². The van der Waals surface area contributed by atoms with Gasteiger partial charge in [0.05, 0.1) is 0 Å². The van der Waals surface area contributed by atoms with Crippen molar-refractivity contribution in [2.45, 2.75) is 70.3 Å². The van der Waals surface area contributed by atoms with E-state index in [1.54, 1.807) is 0 Å². The number of halogens is 1. The number of alkyl halides is 1. The molecule has 0 aromatic carbocycles. The average molecular weight is 316 g/mol. The van der Waals surface area contributed by atoms with Crippen molar-refractivity contribution in [1.29, 1.82) is 0 Å². The molecule has 0 N–H and O–H groups in total. The number of amides is 1. The lowest BCUT2D eigenvalue weighted by Crippen LogP contribution is -2.39. The van der Waals surface area contributed by atoms with Crippen LogP contribution in [0.2, 0.25) is 0 Å². The van der Waals surface area contributed by atoms with Crippen LogP contribution in [0.3, 0.4) is 0 Å². The number of hydrogen-bond donors (Lipinski definition) is 0. The number of likely N-dealkylation sites (tertiary alicyclic amines) is 1. The molecule has 0 aromatic rings. The third-order valence-electron chi connectivity index (χ3n) is 4.54. The summed E-state index contributed by atoms with van der Waals surface area (Å²) < 4.78 is 0. The van der Waals surface area contributed by atoms with Crippen LogP contribution < -0.4 is 0 Å². The molecule has 0 bridgehead atoms. The minimum absolute atomic E-state index is 0.345. The van der Waals surface area contributed by atoms with E-state index in [1.165, 1.54) is 51.4 Å². The first-order valence-corrected chi connectivity index (χ1v) is 8.81. The van der Waals surface area contributed by atoms with E-state index in [0.717, 1.165) is 24.7 Å². The third-order valence-corrected chi connectivity index (χ3v) is 5.10. The predicted molar refractivity (Wildman–Crippen MR) is 79.0 cm³/mol. The molecular formula is C15H26BrNO. The summed E-state index contributed by atoms with van der Waals surface area (Å²) in [6.45, 7) is 1.02. The van der Waals surface area contributed by atoms with E-state index in [-0.39, 0.29) is 0 Å². The van der Waals surface area contributed by atoms with Crippen molar-refractivity contribution in [2.24, 2.45) is 5.92 Å². The standard InChI is InChI=1S/C15H26BrNO/c16-11-5-9-14-10-6-12-17(14)15(18)13-7-3-1-2-4-8-13/h13-14H,1-12H2. The molecule has 0 spiro atoms. The lowest BCUT2D eigenvalue weighted by Gasteiger charge is -2.28. The Labute approximate surface area is 120 Å². The summed E-state index contributed by atoms with van der Waals surface area (Å²) in [4.78, 5) is 14.9. The monoisotopic (exact) mass is 315 g/mol. The van der Waals surface area contributed by atoms with Gasteiger partial charge in [0.1, 0.15) is 0 Å². The summed E-state index contributed by atoms with van der Waals surface area (Å²) in [7, 11) is 0. The zero-order valence-electron chi connectivity index (χ0n) is 11.4. The van der Waals surface area contributed by atoms with Crippen LogP contribution in [-0.4, -0.2) is 28.7 Å². The first-order chi connectivity index (χ1) is 8.83. The van der Waals surface area contributed by atoms with Gasteiger partial charge < -0.3 is 4.90 Å². The Bertz CT molecular complexity index is 261. The van der Waals surface area contributed by atoms with Crippen LogP contribution in [-0.2, 0) is 4.79 Å². The number of carbonyl (C=O) groups is 1. The summed E-state index contributed by atoms with van der Waals surface area (Å²) in [6, 6.07) is 0.540. The van der Waals surface area contributed by atoms with Crippen LogP contribution in [0, 0.1) is 5.92 Å². The normalized spacial score (nSPS) is 26.3. The maximum atomic E-state index is 12.6. The topological polar surface area (TPSA) is 20.3 Å². The molecule has 2 fully saturated rings. The molecule has 1 unspecified atom stereocenters. The molecule has 1 amide bonds. The molecule has 1 atom stereocenters. The fourth-order valence-corrected chi connectivity index (χ4v) is 3.82. The van der Waals surface area contributed by atoms with Gasteiger partial charge in [-0.15, -0.1) is 0 Å². The van der Waals surface area contributed by atoms with Crippen molar-refractivity contribution >= 4 is 21.8 Å². The number of nitrogens with zero attached hydrogens (tertiary/aromatic N) is 1. The smallest absolute Gasteiger partial charge is 0.225 e. The molecule has 1 saturated carbocycles. The van der Waals surface area contributed by atoms with E-state index in [4.69, 9.17) is 0 Å². The highest BCUT2D eigenvalue weighted by atomic mass is 79.9. The SMILES string of the molecule is O=C(C1CCCCCC1)N1CCCC1CCCBr. The second kappa shape index (κ2) is 7.52. The van der Waals surface area contributed by atoms with Gasteiger partial charge in [-0.3, -0.25) is 4.79 Å². The molecule has 1 saturated heterocycles. The Morgan fingerprint density at radius 2 is 1.78 bits per heavy atom. The second-order valence-corrected chi connectivity index (χ2v) is 6.64. The fraction of sp³-hybridized carbons (Fsp3) is 0.933. The first kappa shape index (κ1) is 14.4. The van der Waals surface area contributed by atoms with Crippen molar-refractivity contribution in [3.63, 3.8) is 0 Å². The zero-order chi connectivity index (χ0) is 12.8. The van der Waals surface area contributed by atoms with Crippen molar-refractivity contribution in [2.75, 3.05) is 11.9 Å². The predicted octanol–water partition coefficient (Wildman–Crippen LogP) is 4.12. The molecule has 18 heavy (non-hydrogen) atoms. The van der Waals surface area contributed by atoms with Crippen LogP contribution in [0.1, 0.15) is 64.2 Å². The van der Waals surface area contributed by atoms with Gasteiger partial charge in [0.2, 0.25) is 5.91 Å². The van der Waals surface area contributed by atoms with Crippen LogP contribution in [0.4, 0.5) is 0 Å². The van der Waals surface area contributed by atoms with E-state index in [1.807, 2.05) is 0 Å². The summed E-state index contributed by atoms with van der Waals surface area (Å²) in [5.74, 6) is 0.825. The fourth-order valence-electron chi connectivity index (χ4n) is 3.50. The lowest BCUT2D eigenvalue weighted by molar-refractivity contribution is -0.136. The zero-order valence-corrected chi connectivity index (χ0v) is 13.0. The molecule has 1 heterocycles. The lowest BCUT2D eigenvalue weighted by atomic mass is 9.98. The highest BCUT2D eigenvalue weighted by Crippen LogP contribution is 2.29.